The molecule has 1 amide bonds. The van der Waals surface area contributed by atoms with E-state index in [1.807, 2.05) is 19.9 Å². The lowest BCUT2D eigenvalue weighted by Crippen LogP contribution is -2.54. The maximum atomic E-state index is 12.6. The van der Waals surface area contributed by atoms with E-state index in [1.165, 1.54) is 6.42 Å². The quantitative estimate of drug-likeness (QED) is 0.930. The van der Waals surface area contributed by atoms with Gasteiger partial charge in [-0.2, -0.15) is 0 Å². The molecule has 1 aromatic heterocycles. The molecule has 1 N–H and O–H groups in total. The van der Waals surface area contributed by atoms with Crippen LogP contribution >= 0.6 is 0 Å². The van der Waals surface area contributed by atoms with Gasteiger partial charge < -0.3 is 9.84 Å². The first-order valence-corrected chi connectivity index (χ1v) is 7.75. The number of piperidine rings is 1. The highest BCUT2D eigenvalue weighted by Crippen LogP contribution is 2.26. The minimum absolute atomic E-state index is 0.0295. The second-order valence-corrected chi connectivity index (χ2v) is 7.39. The molecule has 1 aromatic rings. The summed E-state index contributed by atoms with van der Waals surface area (Å²) in [6, 6.07) is 1.81. The van der Waals surface area contributed by atoms with Gasteiger partial charge in [-0.3, -0.25) is 9.69 Å². The van der Waals surface area contributed by atoms with Gasteiger partial charge in [0.05, 0.1) is 5.54 Å². The zero-order valence-corrected chi connectivity index (χ0v) is 13.8. The molecule has 2 rings (SSSR count). The molecule has 5 nitrogen and oxygen atoms in total. The van der Waals surface area contributed by atoms with Crippen molar-refractivity contribution in [2.45, 2.75) is 64.8 Å². The summed E-state index contributed by atoms with van der Waals surface area (Å²) in [6.45, 7) is 12.1. The molecular formula is C16H27N3O2. The van der Waals surface area contributed by atoms with Gasteiger partial charge in [-0.25, -0.2) is 0 Å². The Morgan fingerprint density at radius 1 is 1.19 bits per heavy atom. The van der Waals surface area contributed by atoms with Crippen LogP contribution in [0.25, 0.3) is 0 Å². The second-order valence-electron chi connectivity index (χ2n) is 7.39. The van der Waals surface area contributed by atoms with Crippen molar-refractivity contribution in [3.05, 3.63) is 11.8 Å². The van der Waals surface area contributed by atoms with E-state index in [-0.39, 0.29) is 11.3 Å². The Kier molecular flexibility index (Phi) is 4.42. The molecule has 1 fully saturated rings. The van der Waals surface area contributed by atoms with Gasteiger partial charge in [0.15, 0.2) is 5.82 Å². The van der Waals surface area contributed by atoms with Gasteiger partial charge in [0.1, 0.15) is 5.76 Å². The standard InChI is InChI=1S/C16H27N3O2/c1-15(2,3)12-11-13(18-21-12)17-14(20)16(4,5)19-9-7-6-8-10-19/h11H,6-10H2,1-5H3,(H,17,18,20). The number of carbonyl (C=O) groups is 1. The molecule has 5 heteroatoms. The summed E-state index contributed by atoms with van der Waals surface area (Å²) in [6.07, 6.45) is 3.58. The molecule has 1 aliphatic rings. The first-order chi connectivity index (χ1) is 9.71. The summed E-state index contributed by atoms with van der Waals surface area (Å²) >= 11 is 0. The average Bonchev–Trinajstić information content (AvgIpc) is 2.88. The first kappa shape index (κ1) is 16.0. The number of likely N-dealkylation sites (tertiary alicyclic amines) is 1. The van der Waals surface area contributed by atoms with Gasteiger partial charge in [0.25, 0.3) is 0 Å². The van der Waals surface area contributed by atoms with E-state index in [2.05, 4.69) is 36.1 Å². The van der Waals surface area contributed by atoms with Crippen LogP contribution in [0.2, 0.25) is 0 Å². The molecule has 21 heavy (non-hydrogen) atoms. The van der Waals surface area contributed by atoms with Crippen molar-refractivity contribution < 1.29 is 9.32 Å². The highest BCUT2D eigenvalue weighted by molar-refractivity contribution is 5.96. The average molecular weight is 293 g/mol. The molecule has 1 aliphatic heterocycles. The number of carbonyl (C=O) groups excluding carboxylic acids is 1. The number of hydrogen-bond acceptors (Lipinski definition) is 4. The lowest BCUT2D eigenvalue weighted by atomic mass is 9.93. The zero-order chi connectivity index (χ0) is 15.7. The van der Waals surface area contributed by atoms with Crippen LogP contribution in [0.3, 0.4) is 0 Å². The van der Waals surface area contributed by atoms with Gasteiger partial charge in [0, 0.05) is 11.5 Å². The molecule has 0 radical (unpaired) electrons. The van der Waals surface area contributed by atoms with Crippen molar-refractivity contribution in [1.29, 1.82) is 0 Å². The minimum atomic E-state index is -0.527. The summed E-state index contributed by atoms with van der Waals surface area (Å²) in [4.78, 5) is 14.8. The van der Waals surface area contributed by atoms with Crippen LogP contribution in [0, 0.1) is 0 Å². The topological polar surface area (TPSA) is 58.4 Å². The Hall–Kier alpha value is -1.36. The van der Waals surface area contributed by atoms with Crippen LogP contribution in [-0.4, -0.2) is 34.6 Å². The van der Waals surface area contributed by atoms with Crippen LogP contribution in [0.15, 0.2) is 10.6 Å². The van der Waals surface area contributed by atoms with E-state index in [0.29, 0.717) is 5.82 Å². The summed E-state index contributed by atoms with van der Waals surface area (Å²) in [5.74, 6) is 1.24. The van der Waals surface area contributed by atoms with Crippen molar-refractivity contribution in [2.75, 3.05) is 18.4 Å². The molecule has 0 saturated carbocycles. The number of amides is 1. The van der Waals surface area contributed by atoms with Crippen molar-refractivity contribution >= 4 is 11.7 Å². The fraction of sp³-hybridized carbons (Fsp3) is 0.750. The van der Waals surface area contributed by atoms with Gasteiger partial charge in [-0.05, 0) is 39.8 Å². The van der Waals surface area contributed by atoms with E-state index < -0.39 is 5.54 Å². The number of rotatable bonds is 3. The van der Waals surface area contributed by atoms with Gasteiger partial charge in [-0.1, -0.05) is 32.3 Å². The Morgan fingerprint density at radius 3 is 2.33 bits per heavy atom. The lowest BCUT2D eigenvalue weighted by Gasteiger charge is -2.39. The Balaban J connectivity index is 2.04. The second kappa shape index (κ2) is 5.79. The number of aromatic nitrogens is 1. The van der Waals surface area contributed by atoms with Gasteiger partial charge >= 0.3 is 0 Å². The predicted octanol–water partition coefficient (Wildman–Crippen LogP) is 3.18. The van der Waals surface area contributed by atoms with Gasteiger partial charge in [0.2, 0.25) is 5.91 Å². The molecule has 0 aromatic carbocycles. The fourth-order valence-electron chi connectivity index (χ4n) is 2.55. The minimum Gasteiger partial charge on any atom is -0.359 e. The Morgan fingerprint density at radius 2 is 1.81 bits per heavy atom. The fourth-order valence-corrected chi connectivity index (χ4v) is 2.55. The summed E-state index contributed by atoms with van der Waals surface area (Å²) in [5.41, 5.74) is -0.639. The maximum Gasteiger partial charge on any atom is 0.245 e. The largest absolute Gasteiger partial charge is 0.359 e. The van der Waals surface area contributed by atoms with Crippen LogP contribution < -0.4 is 5.32 Å². The number of nitrogens with zero attached hydrogens (tertiary/aromatic N) is 2. The van der Waals surface area contributed by atoms with E-state index >= 15 is 0 Å². The number of nitrogens with one attached hydrogen (secondary N) is 1. The molecular weight excluding hydrogens is 266 g/mol. The molecule has 0 aliphatic carbocycles. The number of hydrogen-bond donors (Lipinski definition) is 1. The number of anilines is 1. The van der Waals surface area contributed by atoms with Crippen LogP contribution in [0.4, 0.5) is 5.82 Å². The van der Waals surface area contributed by atoms with E-state index in [9.17, 15) is 4.79 Å². The third-order valence-corrected chi connectivity index (χ3v) is 4.19. The predicted molar refractivity (Wildman–Crippen MR) is 83.3 cm³/mol. The van der Waals surface area contributed by atoms with E-state index in [0.717, 1.165) is 31.7 Å². The van der Waals surface area contributed by atoms with Crippen LogP contribution in [-0.2, 0) is 10.2 Å². The maximum absolute atomic E-state index is 12.6. The highest BCUT2D eigenvalue weighted by atomic mass is 16.5. The molecule has 118 valence electrons. The molecule has 0 spiro atoms. The van der Waals surface area contributed by atoms with E-state index in [4.69, 9.17) is 4.52 Å². The smallest absolute Gasteiger partial charge is 0.245 e. The third-order valence-electron chi connectivity index (χ3n) is 4.19. The van der Waals surface area contributed by atoms with Gasteiger partial charge in [-0.15, -0.1) is 0 Å². The summed E-state index contributed by atoms with van der Waals surface area (Å²) in [7, 11) is 0. The Labute approximate surface area is 127 Å². The van der Waals surface area contributed by atoms with Crippen LogP contribution in [0.5, 0.6) is 0 Å². The van der Waals surface area contributed by atoms with Crippen LogP contribution in [0.1, 0.15) is 59.6 Å². The Bertz CT molecular complexity index is 494. The molecule has 1 saturated heterocycles. The van der Waals surface area contributed by atoms with E-state index in [1.54, 1.807) is 0 Å². The van der Waals surface area contributed by atoms with Crippen molar-refractivity contribution in [3.8, 4) is 0 Å². The van der Waals surface area contributed by atoms with Crippen molar-refractivity contribution in [3.63, 3.8) is 0 Å². The first-order valence-electron chi connectivity index (χ1n) is 7.75. The molecule has 0 bridgehead atoms. The molecule has 2 heterocycles. The van der Waals surface area contributed by atoms with Crippen molar-refractivity contribution in [2.24, 2.45) is 0 Å². The lowest BCUT2D eigenvalue weighted by molar-refractivity contribution is -0.126. The monoisotopic (exact) mass is 293 g/mol. The highest BCUT2D eigenvalue weighted by Gasteiger charge is 2.35. The SMILES string of the molecule is CC(C)(C)c1cc(NC(=O)C(C)(C)N2CCCCC2)no1. The summed E-state index contributed by atoms with van der Waals surface area (Å²) in [5, 5.41) is 6.84. The molecule has 0 atom stereocenters. The third kappa shape index (κ3) is 3.64. The normalized spacial score (nSPS) is 17.8. The zero-order valence-electron chi connectivity index (χ0n) is 13.8. The summed E-state index contributed by atoms with van der Waals surface area (Å²) < 4.78 is 5.31. The van der Waals surface area contributed by atoms with Crippen molar-refractivity contribution in [1.82, 2.24) is 10.1 Å². The molecule has 0 unspecified atom stereocenters.